The van der Waals surface area contributed by atoms with E-state index in [2.05, 4.69) is 0 Å². The molecule has 1 aromatic carbocycles. The molecule has 0 amide bonds. The Morgan fingerprint density at radius 1 is 1.47 bits per heavy atom. The van der Waals surface area contributed by atoms with Crippen molar-refractivity contribution in [1.29, 1.82) is 0 Å². The van der Waals surface area contributed by atoms with Crippen LogP contribution in [0.15, 0.2) is 18.2 Å². The van der Waals surface area contributed by atoms with Crippen molar-refractivity contribution in [2.75, 3.05) is 0 Å². The first-order valence-corrected chi connectivity index (χ1v) is 5.45. The van der Waals surface area contributed by atoms with E-state index in [0.717, 1.165) is 0 Å². The number of halogens is 2. The minimum atomic E-state index is -0.494. The van der Waals surface area contributed by atoms with Crippen LogP contribution in [0.4, 0.5) is 0 Å². The molecule has 15 heavy (non-hydrogen) atoms. The molecule has 2 nitrogen and oxygen atoms in total. The van der Waals surface area contributed by atoms with Crippen molar-refractivity contribution in [1.82, 2.24) is 0 Å². The Balaban J connectivity index is 2.81. The molecule has 0 aliphatic rings. The van der Waals surface area contributed by atoms with Gasteiger partial charge in [-0.1, -0.05) is 36.2 Å². The Labute approximate surface area is 99.1 Å². The number of carbonyl (C=O) groups is 1. The van der Waals surface area contributed by atoms with Crippen molar-refractivity contribution in [3.63, 3.8) is 0 Å². The third kappa shape index (κ3) is 3.11. The molecular formula is C11H12Cl2O2. The van der Waals surface area contributed by atoms with Crippen molar-refractivity contribution in [2.45, 2.75) is 26.4 Å². The van der Waals surface area contributed by atoms with Crippen LogP contribution in [0.1, 0.15) is 20.3 Å². The average Bonchev–Trinajstić information content (AvgIpc) is 2.23. The number of carbonyl (C=O) groups excluding carboxylic acids is 1. The maximum Gasteiger partial charge on any atom is 0.172 e. The molecule has 0 radical (unpaired) electrons. The summed E-state index contributed by atoms with van der Waals surface area (Å²) in [5.74, 6) is 0.476. The monoisotopic (exact) mass is 246 g/mol. The van der Waals surface area contributed by atoms with Crippen LogP contribution in [-0.2, 0) is 4.79 Å². The van der Waals surface area contributed by atoms with Gasteiger partial charge in [0, 0.05) is 6.42 Å². The van der Waals surface area contributed by atoms with E-state index < -0.39 is 6.10 Å². The van der Waals surface area contributed by atoms with Gasteiger partial charge in [-0.25, -0.2) is 0 Å². The molecule has 0 N–H and O–H groups in total. The molecule has 0 fully saturated rings. The Kier molecular flexibility index (Phi) is 4.43. The van der Waals surface area contributed by atoms with Gasteiger partial charge in [0.15, 0.2) is 11.9 Å². The summed E-state index contributed by atoms with van der Waals surface area (Å²) in [5, 5.41) is 0.764. The van der Waals surface area contributed by atoms with E-state index in [1.54, 1.807) is 32.0 Å². The van der Waals surface area contributed by atoms with Crippen LogP contribution in [0.5, 0.6) is 5.75 Å². The highest BCUT2D eigenvalue weighted by Crippen LogP contribution is 2.32. The second kappa shape index (κ2) is 5.38. The molecule has 0 saturated heterocycles. The lowest BCUT2D eigenvalue weighted by Gasteiger charge is -2.14. The SMILES string of the molecule is CCC(=O)C(C)Oc1cccc(Cl)c1Cl. The highest BCUT2D eigenvalue weighted by atomic mass is 35.5. The maximum atomic E-state index is 11.3. The van der Waals surface area contributed by atoms with E-state index in [1.807, 2.05) is 0 Å². The number of hydrogen-bond acceptors (Lipinski definition) is 2. The average molecular weight is 247 g/mol. The van der Waals surface area contributed by atoms with Gasteiger partial charge in [-0.15, -0.1) is 0 Å². The molecule has 1 unspecified atom stereocenters. The molecule has 0 aromatic heterocycles. The van der Waals surface area contributed by atoms with E-state index in [1.165, 1.54) is 0 Å². The summed E-state index contributed by atoms with van der Waals surface area (Å²) in [6.07, 6.45) is -0.0507. The summed E-state index contributed by atoms with van der Waals surface area (Å²) in [5.41, 5.74) is 0. The number of ketones is 1. The Hall–Kier alpha value is -0.730. The molecule has 4 heteroatoms. The van der Waals surface area contributed by atoms with Crippen molar-refractivity contribution in [3.8, 4) is 5.75 Å². The van der Waals surface area contributed by atoms with Crippen LogP contribution in [-0.4, -0.2) is 11.9 Å². The minimum absolute atomic E-state index is 0.0334. The Bertz CT molecular complexity index is 364. The smallest absolute Gasteiger partial charge is 0.172 e. The van der Waals surface area contributed by atoms with Crippen molar-refractivity contribution < 1.29 is 9.53 Å². The first-order chi connectivity index (χ1) is 7.06. The minimum Gasteiger partial charge on any atom is -0.481 e. The third-order valence-electron chi connectivity index (χ3n) is 2.02. The lowest BCUT2D eigenvalue weighted by molar-refractivity contribution is -0.124. The second-order valence-electron chi connectivity index (χ2n) is 3.13. The highest BCUT2D eigenvalue weighted by Gasteiger charge is 2.14. The molecule has 0 bridgehead atoms. The van der Waals surface area contributed by atoms with Crippen molar-refractivity contribution in [3.05, 3.63) is 28.2 Å². The van der Waals surface area contributed by atoms with E-state index in [0.29, 0.717) is 22.2 Å². The number of rotatable bonds is 4. The predicted molar refractivity (Wildman–Crippen MR) is 61.9 cm³/mol. The Morgan fingerprint density at radius 3 is 2.73 bits per heavy atom. The molecule has 1 aromatic rings. The van der Waals surface area contributed by atoms with Gasteiger partial charge in [0.2, 0.25) is 0 Å². The first kappa shape index (κ1) is 12.3. The van der Waals surface area contributed by atoms with Crippen LogP contribution in [0.2, 0.25) is 10.0 Å². The predicted octanol–water partition coefficient (Wildman–Crippen LogP) is 3.74. The second-order valence-corrected chi connectivity index (χ2v) is 3.92. The zero-order valence-corrected chi connectivity index (χ0v) is 10.1. The fourth-order valence-electron chi connectivity index (χ4n) is 1.12. The largest absolute Gasteiger partial charge is 0.481 e. The van der Waals surface area contributed by atoms with Crippen LogP contribution in [0.3, 0.4) is 0 Å². The van der Waals surface area contributed by atoms with E-state index in [4.69, 9.17) is 27.9 Å². The number of hydrogen-bond donors (Lipinski definition) is 0. The third-order valence-corrected chi connectivity index (χ3v) is 2.82. The Morgan fingerprint density at radius 2 is 2.13 bits per heavy atom. The van der Waals surface area contributed by atoms with Crippen molar-refractivity contribution >= 4 is 29.0 Å². The zero-order valence-electron chi connectivity index (χ0n) is 8.59. The van der Waals surface area contributed by atoms with Gasteiger partial charge in [0.05, 0.1) is 5.02 Å². The summed E-state index contributed by atoms with van der Waals surface area (Å²) in [4.78, 5) is 11.3. The van der Waals surface area contributed by atoms with Crippen LogP contribution < -0.4 is 4.74 Å². The molecular weight excluding hydrogens is 235 g/mol. The molecule has 0 aliphatic heterocycles. The van der Waals surface area contributed by atoms with Crippen molar-refractivity contribution in [2.24, 2.45) is 0 Å². The fraction of sp³-hybridized carbons (Fsp3) is 0.364. The summed E-state index contributed by atoms with van der Waals surface area (Å²) >= 11 is 11.7. The number of benzene rings is 1. The van der Waals surface area contributed by atoms with Gasteiger partial charge in [0.25, 0.3) is 0 Å². The highest BCUT2D eigenvalue weighted by molar-refractivity contribution is 6.42. The van der Waals surface area contributed by atoms with E-state index >= 15 is 0 Å². The summed E-state index contributed by atoms with van der Waals surface area (Å²) in [7, 11) is 0. The fourth-order valence-corrected chi connectivity index (χ4v) is 1.46. The summed E-state index contributed by atoms with van der Waals surface area (Å²) in [6, 6.07) is 5.09. The standard InChI is InChI=1S/C11H12Cl2O2/c1-3-9(14)7(2)15-10-6-4-5-8(12)11(10)13/h4-7H,3H2,1-2H3. The van der Waals surface area contributed by atoms with Gasteiger partial charge in [-0.3, -0.25) is 4.79 Å². The topological polar surface area (TPSA) is 26.3 Å². The summed E-state index contributed by atoms with van der Waals surface area (Å²) < 4.78 is 5.41. The quantitative estimate of drug-likeness (QED) is 0.810. The maximum absolute atomic E-state index is 11.3. The van der Waals surface area contributed by atoms with E-state index in [9.17, 15) is 4.79 Å². The molecule has 1 rings (SSSR count). The number of ether oxygens (including phenoxy) is 1. The molecule has 0 heterocycles. The normalized spacial score (nSPS) is 12.3. The van der Waals surface area contributed by atoms with Gasteiger partial charge < -0.3 is 4.74 Å². The lowest BCUT2D eigenvalue weighted by Crippen LogP contribution is -2.22. The molecule has 0 aliphatic carbocycles. The molecule has 82 valence electrons. The van der Waals surface area contributed by atoms with E-state index in [-0.39, 0.29) is 5.78 Å². The molecule has 1 atom stereocenters. The zero-order chi connectivity index (χ0) is 11.4. The summed E-state index contributed by atoms with van der Waals surface area (Å²) in [6.45, 7) is 3.49. The van der Waals surface area contributed by atoms with Crippen LogP contribution in [0, 0.1) is 0 Å². The van der Waals surface area contributed by atoms with Gasteiger partial charge in [0.1, 0.15) is 10.8 Å². The number of Topliss-reactive ketones (excluding diaryl/α,β-unsaturated/α-hetero) is 1. The van der Waals surface area contributed by atoms with Crippen LogP contribution >= 0.6 is 23.2 Å². The molecule has 0 spiro atoms. The van der Waals surface area contributed by atoms with Crippen LogP contribution in [0.25, 0.3) is 0 Å². The molecule has 0 saturated carbocycles. The van der Waals surface area contributed by atoms with Gasteiger partial charge in [-0.2, -0.15) is 0 Å². The first-order valence-electron chi connectivity index (χ1n) is 4.69. The van der Waals surface area contributed by atoms with Gasteiger partial charge in [-0.05, 0) is 19.1 Å². The van der Waals surface area contributed by atoms with Gasteiger partial charge >= 0.3 is 0 Å². The lowest BCUT2D eigenvalue weighted by atomic mass is 10.2.